The standard InChI is InChI=1S/C14H20IN/c1-8(15)14(2)5-12-9-3-10(7-16)11(4-9)13(12)6-14/h8-13H,3-6H2,1-2H3. The molecule has 0 amide bonds. The van der Waals surface area contributed by atoms with Crippen LogP contribution in [-0.2, 0) is 0 Å². The lowest BCUT2D eigenvalue weighted by Crippen LogP contribution is -2.24. The summed E-state index contributed by atoms with van der Waals surface area (Å²) in [6, 6.07) is 2.56. The minimum absolute atomic E-state index is 0.401. The SMILES string of the molecule is CC(I)C1(C)CC2C3CC(C#N)C(C3)C2C1. The largest absolute Gasteiger partial charge is 0.198 e. The molecule has 0 N–H and O–H groups in total. The fourth-order valence-electron chi connectivity index (χ4n) is 4.86. The second-order valence-corrected chi connectivity index (χ2v) is 8.51. The van der Waals surface area contributed by atoms with Gasteiger partial charge >= 0.3 is 0 Å². The zero-order valence-electron chi connectivity index (χ0n) is 10.1. The number of hydrogen-bond acceptors (Lipinski definition) is 1. The van der Waals surface area contributed by atoms with E-state index in [0.29, 0.717) is 11.3 Å². The van der Waals surface area contributed by atoms with Crippen LogP contribution in [0.15, 0.2) is 0 Å². The first kappa shape index (κ1) is 11.3. The Morgan fingerprint density at radius 2 is 1.94 bits per heavy atom. The number of alkyl halides is 1. The van der Waals surface area contributed by atoms with Crippen molar-refractivity contribution in [3.8, 4) is 6.07 Å². The maximum Gasteiger partial charge on any atom is 0.0658 e. The van der Waals surface area contributed by atoms with Gasteiger partial charge in [-0.1, -0.05) is 36.4 Å². The molecule has 0 aromatic heterocycles. The molecule has 3 saturated carbocycles. The van der Waals surface area contributed by atoms with E-state index >= 15 is 0 Å². The molecule has 88 valence electrons. The number of halogens is 1. The van der Waals surface area contributed by atoms with Gasteiger partial charge in [0, 0.05) is 9.84 Å². The van der Waals surface area contributed by atoms with Crippen LogP contribution in [-0.4, -0.2) is 3.92 Å². The fourth-order valence-corrected chi connectivity index (χ4v) is 5.36. The molecule has 0 spiro atoms. The van der Waals surface area contributed by atoms with Crippen molar-refractivity contribution >= 4 is 22.6 Å². The maximum atomic E-state index is 9.20. The topological polar surface area (TPSA) is 23.8 Å². The minimum atomic E-state index is 0.401. The van der Waals surface area contributed by atoms with Crippen LogP contribution in [0.5, 0.6) is 0 Å². The van der Waals surface area contributed by atoms with Crippen LogP contribution in [0.1, 0.15) is 39.5 Å². The quantitative estimate of drug-likeness (QED) is 0.526. The number of fused-ring (bicyclic) bond motifs is 5. The molecule has 1 nitrogen and oxygen atoms in total. The van der Waals surface area contributed by atoms with Gasteiger partial charge < -0.3 is 0 Å². The highest BCUT2D eigenvalue weighted by Crippen LogP contribution is 2.65. The molecule has 16 heavy (non-hydrogen) atoms. The van der Waals surface area contributed by atoms with Gasteiger partial charge in [-0.2, -0.15) is 5.26 Å². The molecule has 0 aromatic carbocycles. The Hall–Kier alpha value is 0.220. The first-order chi connectivity index (χ1) is 7.55. The third kappa shape index (κ3) is 1.39. The third-order valence-corrected chi connectivity index (χ3v) is 7.39. The smallest absolute Gasteiger partial charge is 0.0658 e. The summed E-state index contributed by atoms with van der Waals surface area (Å²) in [6.45, 7) is 4.84. The molecule has 2 heteroatoms. The number of rotatable bonds is 1. The normalized spacial score (nSPS) is 56.0. The van der Waals surface area contributed by atoms with Crippen molar-refractivity contribution in [1.29, 1.82) is 5.26 Å². The Balaban J connectivity index is 1.83. The maximum absolute atomic E-state index is 9.20. The van der Waals surface area contributed by atoms with E-state index in [4.69, 9.17) is 0 Å². The average Bonchev–Trinajstić information content (AvgIpc) is 2.85. The summed E-state index contributed by atoms with van der Waals surface area (Å²) in [7, 11) is 0. The Morgan fingerprint density at radius 1 is 1.25 bits per heavy atom. The molecule has 2 bridgehead atoms. The van der Waals surface area contributed by atoms with Crippen LogP contribution < -0.4 is 0 Å². The monoisotopic (exact) mass is 329 g/mol. The Morgan fingerprint density at radius 3 is 2.56 bits per heavy atom. The first-order valence-corrected chi connectivity index (χ1v) is 7.83. The lowest BCUT2D eigenvalue weighted by Gasteiger charge is -2.29. The summed E-state index contributed by atoms with van der Waals surface area (Å²) in [5, 5.41) is 9.20. The van der Waals surface area contributed by atoms with Crippen LogP contribution in [0.2, 0.25) is 0 Å². The van der Waals surface area contributed by atoms with Gasteiger partial charge in [-0.15, -0.1) is 0 Å². The average molecular weight is 329 g/mol. The zero-order valence-corrected chi connectivity index (χ0v) is 12.3. The van der Waals surface area contributed by atoms with Crippen molar-refractivity contribution in [2.24, 2.45) is 35.0 Å². The van der Waals surface area contributed by atoms with Gasteiger partial charge in [0.05, 0.1) is 6.07 Å². The summed E-state index contributed by atoms with van der Waals surface area (Å²) in [5.41, 5.74) is 0.553. The summed E-state index contributed by atoms with van der Waals surface area (Å²) in [4.78, 5) is 0. The van der Waals surface area contributed by atoms with Gasteiger partial charge in [0.2, 0.25) is 0 Å². The summed E-state index contributed by atoms with van der Waals surface area (Å²) in [6.07, 6.45) is 5.41. The zero-order chi connectivity index (χ0) is 11.5. The summed E-state index contributed by atoms with van der Waals surface area (Å²) in [5.74, 6) is 3.93. The van der Waals surface area contributed by atoms with Gasteiger partial charge in [-0.05, 0) is 54.8 Å². The molecule has 7 unspecified atom stereocenters. The van der Waals surface area contributed by atoms with E-state index in [0.717, 1.165) is 27.6 Å². The number of hydrogen-bond donors (Lipinski definition) is 0. The van der Waals surface area contributed by atoms with Crippen molar-refractivity contribution < 1.29 is 0 Å². The molecule has 3 aliphatic carbocycles. The molecule has 3 rings (SSSR count). The lowest BCUT2D eigenvalue weighted by molar-refractivity contribution is 0.222. The van der Waals surface area contributed by atoms with Crippen molar-refractivity contribution in [2.45, 2.75) is 43.5 Å². The fraction of sp³-hybridized carbons (Fsp3) is 0.929. The van der Waals surface area contributed by atoms with Crippen molar-refractivity contribution in [3.63, 3.8) is 0 Å². The van der Waals surface area contributed by atoms with E-state index in [1.807, 2.05) is 0 Å². The van der Waals surface area contributed by atoms with Gasteiger partial charge in [0.1, 0.15) is 0 Å². The van der Waals surface area contributed by atoms with Crippen LogP contribution in [0.25, 0.3) is 0 Å². The van der Waals surface area contributed by atoms with E-state index in [9.17, 15) is 5.26 Å². The van der Waals surface area contributed by atoms with Crippen LogP contribution in [0, 0.1) is 46.3 Å². The molecule has 0 radical (unpaired) electrons. The molecule has 0 aromatic rings. The van der Waals surface area contributed by atoms with Crippen LogP contribution >= 0.6 is 22.6 Å². The van der Waals surface area contributed by atoms with Crippen molar-refractivity contribution in [1.82, 2.24) is 0 Å². The van der Waals surface area contributed by atoms with Crippen LogP contribution in [0.3, 0.4) is 0 Å². The Bertz CT molecular complexity index is 345. The molecule has 0 saturated heterocycles. The number of nitrogens with zero attached hydrogens (tertiary/aromatic N) is 1. The second-order valence-electron chi connectivity index (χ2n) is 6.64. The third-order valence-electron chi connectivity index (χ3n) is 5.88. The molecule has 3 aliphatic rings. The van der Waals surface area contributed by atoms with E-state index in [-0.39, 0.29) is 0 Å². The van der Waals surface area contributed by atoms with Gasteiger partial charge in [0.15, 0.2) is 0 Å². The summed E-state index contributed by atoms with van der Waals surface area (Å²) < 4.78 is 0.774. The molecule has 0 aliphatic heterocycles. The highest BCUT2D eigenvalue weighted by Gasteiger charge is 2.59. The van der Waals surface area contributed by atoms with Crippen molar-refractivity contribution in [3.05, 3.63) is 0 Å². The predicted octanol–water partition coefficient (Wildman–Crippen LogP) is 4.02. The first-order valence-electron chi connectivity index (χ1n) is 6.59. The lowest BCUT2D eigenvalue weighted by atomic mass is 9.76. The van der Waals surface area contributed by atoms with Gasteiger partial charge in [0.25, 0.3) is 0 Å². The molecule has 7 atom stereocenters. The molecular formula is C14H20IN. The molecular weight excluding hydrogens is 309 g/mol. The number of nitriles is 1. The summed E-state index contributed by atoms with van der Waals surface area (Å²) >= 11 is 2.61. The highest BCUT2D eigenvalue weighted by atomic mass is 127. The highest BCUT2D eigenvalue weighted by molar-refractivity contribution is 14.1. The predicted molar refractivity (Wildman–Crippen MR) is 73.1 cm³/mol. The van der Waals surface area contributed by atoms with Gasteiger partial charge in [-0.25, -0.2) is 0 Å². The minimum Gasteiger partial charge on any atom is -0.198 e. The van der Waals surface area contributed by atoms with Gasteiger partial charge in [-0.3, -0.25) is 0 Å². The Labute approximate surface area is 112 Å². The molecule has 3 fully saturated rings. The van der Waals surface area contributed by atoms with E-state index in [1.54, 1.807) is 0 Å². The van der Waals surface area contributed by atoms with Crippen molar-refractivity contribution in [2.75, 3.05) is 0 Å². The van der Waals surface area contributed by atoms with E-state index in [2.05, 4.69) is 42.5 Å². The molecule has 0 heterocycles. The van der Waals surface area contributed by atoms with E-state index < -0.39 is 0 Å². The second kappa shape index (κ2) is 3.60. The Kier molecular flexibility index (Phi) is 2.55. The van der Waals surface area contributed by atoms with Crippen LogP contribution in [0.4, 0.5) is 0 Å². The van der Waals surface area contributed by atoms with E-state index in [1.165, 1.54) is 25.7 Å².